The molecule has 0 aliphatic rings. The molecule has 3 nitrogen and oxygen atoms in total. The Bertz CT molecular complexity index is 790. The van der Waals surface area contributed by atoms with Gasteiger partial charge in [-0.1, -0.05) is 6.07 Å². The van der Waals surface area contributed by atoms with E-state index in [9.17, 15) is 4.39 Å². The van der Waals surface area contributed by atoms with Crippen LogP contribution < -0.4 is 5.73 Å². The van der Waals surface area contributed by atoms with Gasteiger partial charge in [-0.25, -0.2) is 9.37 Å². The first-order chi connectivity index (χ1) is 9.60. The highest BCUT2D eigenvalue weighted by molar-refractivity contribution is 5.81. The summed E-state index contributed by atoms with van der Waals surface area (Å²) in [5.74, 6) is 0.420. The van der Waals surface area contributed by atoms with Crippen LogP contribution in [0, 0.1) is 12.7 Å². The number of nitrogens with two attached hydrogens (primary N) is 1. The van der Waals surface area contributed by atoms with Crippen LogP contribution in [-0.2, 0) is 6.54 Å². The van der Waals surface area contributed by atoms with E-state index in [2.05, 4.69) is 34.7 Å². The molecule has 2 N–H and O–H groups in total. The van der Waals surface area contributed by atoms with Gasteiger partial charge in [-0.05, 0) is 49.7 Å². The third-order valence-corrected chi connectivity index (χ3v) is 3.47. The van der Waals surface area contributed by atoms with Crippen molar-refractivity contribution in [3.63, 3.8) is 0 Å². The molecule has 0 aliphatic heterocycles. The van der Waals surface area contributed by atoms with Crippen molar-refractivity contribution in [2.24, 2.45) is 0 Å². The van der Waals surface area contributed by atoms with Crippen LogP contribution in [0.25, 0.3) is 22.4 Å². The van der Waals surface area contributed by atoms with Crippen LogP contribution in [0.3, 0.4) is 0 Å². The highest BCUT2D eigenvalue weighted by Crippen LogP contribution is 2.27. The van der Waals surface area contributed by atoms with Gasteiger partial charge >= 0.3 is 0 Å². The molecule has 0 unspecified atom stereocenters. The van der Waals surface area contributed by atoms with E-state index >= 15 is 0 Å². The van der Waals surface area contributed by atoms with Crippen molar-refractivity contribution < 1.29 is 4.39 Å². The van der Waals surface area contributed by atoms with Crippen LogP contribution in [0.4, 0.5) is 10.1 Å². The van der Waals surface area contributed by atoms with Gasteiger partial charge in [0.2, 0.25) is 0 Å². The number of nitrogen functional groups attached to an aromatic ring is 1. The largest absolute Gasteiger partial charge is 0.396 e. The summed E-state index contributed by atoms with van der Waals surface area (Å²) in [6.07, 6.45) is 0. The van der Waals surface area contributed by atoms with E-state index in [4.69, 9.17) is 5.73 Å². The number of benzene rings is 2. The predicted octanol–water partition coefficient (Wildman–Crippen LogP) is 3.75. The molecule has 0 radical (unpaired) electrons. The normalized spacial score (nSPS) is 11.2. The minimum Gasteiger partial charge on any atom is -0.396 e. The lowest BCUT2D eigenvalue weighted by Crippen LogP contribution is -1.99. The molecule has 0 atom stereocenters. The van der Waals surface area contributed by atoms with Gasteiger partial charge in [0.25, 0.3) is 0 Å². The summed E-state index contributed by atoms with van der Waals surface area (Å²) < 4.78 is 15.4. The van der Waals surface area contributed by atoms with Crippen molar-refractivity contribution in [3.05, 3.63) is 47.8 Å². The zero-order valence-electron chi connectivity index (χ0n) is 11.5. The molecule has 3 rings (SSSR count). The second-order valence-electron chi connectivity index (χ2n) is 4.91. The molecule has 0 saturated carbocycles. The number of fused-ring (bicyclic) bond motifs is 1. The Morgan fingerprint density at radius 3 is 2.70 bits per heavy atom. The number of aromatic nitrogens is 2. The third kappa shape index (κ3) is 1.93. The van der Waals surface area contributed by atoms with E-state index in [1.165, 1.54) is 11.6 Å². The third-order valence-electron chi connectivity index (χ3n) is 3.47. The van der Waals surface area contributed by atoms with Crippen LogP contribution in [-0.4, -0.2) is 9.55 Å². The molecule has 1 heterocycles. The summed E-state index contributed by atoms with van der Waals surface area (Å²) in [7, 11) is 0. The number of hydrogen-bond donors (Lipinski definition) is 1. The maximum absolute atomic E-state index is 13.3. The van der Waals surface area contributed by atoms with Crippen molar-refractivity contribution >= 4 is 16.7 Å². The lowest BCUT2D eigenvalue weighted by atomic mass is 10.2. The van der Waals surface area contributed by atoms with Gasteiger partial charge in [0.05, 0.1) is 16.7 Å². The van der Waals surface area contributed by atoms with Gasteiger partial charge in [-0.3, -0.25) is 0 Å². The van der Waals surface area contributed by atoms with Gasteiger partial charge in [0.1, 0.15) is 11.6 Å². The summed E-state index contributed by atoms with van der Waals surface area (Å²) in [6.45, 7) is 4.91. The van der Waals surface area contributed by atoms with Crippen LogP contribution >= 0.6 is 0 Å². The van der Waals surface area contributed by atoms with E-state index in [0.717, 1.165) is 29.0 Å². The maximum Gasteiger partial charge on any atom is 0.146 e. The standard InChI is InChI=1S/C16H16FN3/c1-3-20-15-7-4-10(2)8-14(15)19-16(20)11-5-6-12(17)13(18)9-11/h4-9H,3,18H2,1-2H3. The second-order valence-corrected chi connectivity index (χ2v) is 4.91. The molecule has 0 bridgehead atoms. The predicted molar refractivity (Wildman–Crippen MR) is 80.0 cm³/mol. The van der Waals surface area contributed by atoms with Crippen molar-refractivity contribution in [2.75, 3.05) is 5.73 Å². The Balaban J connectivity index is 2.26. The Kier molecular flexibility index (Phi) is 2.93. The van der Waals surface area contributed by atoms with Gasteiger partial charge < -0.3 is 10.3 Å². The number of hydrogen-bond acceptors (Lipinski definition) is 2. The molecule has 1 aromatic heterocycles. The smallest absolute Gasteiger partial charge is 0.146 e. The average molecular weight is 269 g/mol. The molecule has 4 heteroatoms. The highest BCUT2D eigenvalue weighted by atomic mass is 19.1. The van der Waals surface area contributed by atoms with E-state index in [0.29, 0.717) is 0 Å². The number of rotatable bonds is 2. The fraction of sp³-hybridized carbons (Fsp3) is 0.188. The first-order valence-corrected chi connectivity index (χ1v) is 6.62. The highest BCUT2D eigenvalue weighted by Gasteiger charge is 2.12. The molecular weight excluding hydrogens is 253 g/mol. The number of imidazole rings is 1. The second kappa shape index (κ2) is 4.63. The molecule has 0 saturated heterocycles. The minimum atomic E-state index is -0.399. The van der Waals surface area contributed by atoms with E-state index in [1.54, 1.807) is 12.1 Å². The van der Waals surface area contributed by atoms with Crippen molar-refractivity contribution in [2.45, 2.75) is 20.4 Å². The number of aryl methyl sites for hydroxylation is 2. The molecule has 20 heavy (non-hydrogen) atoms. The van der Waals surface area contributed by atoms with E-state index < -0.39 is 5.82 Å². The molecule has 0 fully saturated rings. The monoisotopic (exact) mass is 269 g/mol. The van der Waals surface area contributed by atoms with E-state index in [1.807, 2.05) is 6.92 Å². The zero-order chi connectivity index (χ0) is 14.3. The molecule has 0 aliphatic carbocycles. The Morgan fingerprint density at radius 2 is 2.00 bits per heavy atom. The maximum atomic E-state index is 13.3. The van der Waals surface area contributed by atoms with Crippen molar-refractivity contribution in [3.8, 4) is 11.4 Å². The summed E-state index contributed by atoms with van der Waals surface area (Å²) in [6, 6.07) is 10.9. The molecular formula is C16H16FN3. The van der Waals surface area contributed by atoms with Crippen molar-refractivity contribution in [1.82, 2.24) is 9.55 Å². The Morgan fingerprint density at radius 1 is 1.20 bits per heavy atom. The Hall–Kier alpha value is -2.36. The van der Waals surface area contributed by atoms with Crippen LogP contribution in [0.15, 0.2) is 36.4 Å². The summed E-state index contributed by atoms with van der Waals surface area (Å²) in [5.41, 5.74) is 9.83. The van der Waals surface area contributed by atoms with Crippen LogP contribution in [0.2, 0.25) is 0 Å². The van der Waals surface area contributed by atoms with Gasteiger partial charge in [-0.15, -0.1) is 0 Å². The van der Waals surface area contributed by atoms with E-state index in [-0.39, 0.29) is 5.69 Å². The van der Waals surface area contributed by atoms with Gasteiger partial charge in [0, 0.05) is 12.1 Å². The quantitative estimate of drug-likeness (QED) is 0.720. The summed E-state index contributed by atoms with van der Waals surface area (Å²) >= 11 is 0. The molecule has 0 spiro atoms. The molecule has 2 aromatic carbocycles. The number of nitrogens with zero attached hydrogens (tertiary/aromatic N) is 2. The summed E-state index contributed by atoms with van der Waals surface area (Å²) in [4.78, 5) is 4.67. The van der Waals surface area contributed by atoms with Crippen molar-refractivity contribution in [1.29, 1.82) is 0 Å². The summed E-state index contributed by atoms with van der Waals surface area (Å²) in [5, 5.41) is 0. The zero-order valence-corrected chi connectivity index (χ0v) is 11.5. The molecule has 0 amide bonds. The molecule has 102 valence electrons. The average Bonchev–Trinajstić information content (AvgIpc) is 2.79. The first-order valence-electron chi connectivity index (χ1n) is 6.62. The minimum absolute atomic E-state index is 0.147. The van der Waals surface area contributed by atoms with Gasteiger partial charge in [0.15, 0.2) is 0 Å². The first kappa shape index (κ1) is 12.7. The Labute approximate surface area is 116 Å². The van der Waals surface area contributed by atoms with Crippen LogP contribution in [0.5, 0.6) is 0 Å². The van der Waals surface area contributed by atoms with Crippen LogP contribution in [0.1, 0.15) is 12.5 Å². The SMILES string of the molecule is CCn1c(-c2ccc(F)c(N)c2)nc2cc(C)ccc21. The topological polar surface area (TPSA) is 43.8 Å². The molecule has 3 aromatic rings. The van der Waals surface area contributed by atoms with Gasteiger partial charge in [-0.2, -0.15) is 0 Å². The fourth-order valence-electron chi connectivity index (χ4n) is 2.46. The number of anilines is 1. The lowest BCUT2D eigenvalue weighted by Gasteiger charge is -2.07. The fourth-order valence-corrected chi connectivity index (χ4v) is 2.46. The number of halogens is 1. The lowest BCUT2D eigenvalue weighted by molar-refractivity contribution is 0.632.